The Morgan fingerprint density at radius 1 is 1.21 bits per heavy atom. The molecule has 7 heteroatoms. The minimum atomic E-state index is -0.726. The molecule has 0 aromatic heterocycles. The number of hydrogen-bond donors (Lipinski definition) is 1. The Hall–Kier alpha value is -1.79. The van der Waals surface area contributed by atoms with E-state index in [1.54, 1.807) is 24.1 Å². The van der Waals surface area contributed by atoms with Crippen molar-refractivity contribution in [3.8, 4) is 5.75 Å². The van der Waals surface area contributed by atoms with Gasteiger partial charge in [0.05, 0.1) is 7.11 Å². The van der Waals surface area contributed by atoms with Gasteiger partial charge in [0.1, 0.15) is 17.7 Å². The molecule has 1 aliphatic rings. The van der Waals surface area contributed by atoms with Gasteiger partial charge >= 0.3 is 0 Å². The van der Waals surface area contributed by atoms with E-state index in [9.17, 15) is 9.59 Å². The van der Waals surface area contributed by atoms with Gasteiger partial charge in [-0.1, -0.05) is 31.4 Å². The number of methoxy groups -OCH3 is 1. The summed E-state index contributed by atoms with van der Waals surface area (Å²) in [4.78, 5) is 27.5. The van der Waals surface area contributed by atoms with Crippen molar-refractivity contribution in [1.82, 2.24) is 10.2 Å². The number of carbonyl (C=O) groups is 2. The first-order chi connectivity index (χ1) is 14.1. The Morgan fingerprint density at radius 3 is 2.48 bits per heavy atom. The molecule has 0 unspecified atom stereocenters. The molecule has 0 heterocycles. The second kappa shape index (κ2) is 12.7. The minimum Gasteiger partial charge on any atom is -0.497 e. The van der Waals surface area contributed by atoms with Crippen LogP contribution in [0.1, 0.15) is 57.1 Å². The summed E-state index contributed by atoms with van der Waals surface area (Å²) in [6.45, 7) is 3.48. The molecule has 0 spiro atoms. The Kier molecular flexibility index (Phi) is 10.3. The quantitative estimate of drug-likeness (QED) is 0.434. The van der Waals surface area contributed by atoms with Crippen molar-refractivity contribution in [1.29, 1.82) is 0 Å². The van der Waals surface area contributed by atoms with E-state index in [0.717, 1.165) is 31.2 Å². The average molecular weight is 425 g/mol. The molecular formula is C22H33ClN2O4. The zero-order valence-corrected chi connectivity index (χ0v) is 18.2. The number of carbonyl (C=O) groups excluding carboxylic acids is 2. The highest BCUT2D eigenvalue weighted by molar-refractivity contribution is 6.27. The molecule has 2 amide bonds. The molecule has 162 valence electrons. The highest BCUT2D eigenvalue weighted by Crippen LogP contribution is 2.26. The maximum atomic E-state index is 13.3. The second-order valence-electron chi connectivity index (χ2n) is 7.29. The highest BCUT2D eigenvalue weighted by atomic mass is 35.5. The van der Waals surface area contributed by atoms with Crippen molar-refractivity contribution >= 4 is 23.4 Å². The highest BCUT2D eigenvalue weighted by Gasteiger charge is 2.32. The van der Waals surface area contributed by atoms with Crippen molar-refractivity contribution in [3.63, 3.8) is 0 Å². The first-order valence-electron chi connectivity index (χ1n) is 10.5. The van der Waals surface area contributed by atoms with E-state index >= 15 is 0 Å². The number of halogens is 1. The van der Waals surface area contributed by atoms with E-state index in [1.807, 2.05) is 19.1 Å². The number of benzene rings is 1. The van der Waals surface area contributed by atoms with Crippen LogP contribution in [-0.2, 0) is 14.3 Å². The zero-order valence-electron chi connectivity index (χ0n) is 17.5. The van der Waals surface area contributed by atoms with Crippen LogP contribution in [0, 0.1) is 0 Å². The first kappa shape index (κ1) is 23.5. The SMILES string of the molecule is CCOCCCN(C(=O)CCl)[C@@H](C(=O)NC1CCCCC1)c1ccc(OC)cc1. The van der Waals surface area contributed by atoms with E-state index in [2.05, 4.69) is 5.32 Å². The molecule has 1 aliphatic carbocycles. The number of nitrogens with zero attached hydrogens (tertiary/aromatic N) is 1. The van der Waals surface area contributed by atoms with E-state index in [4.69, 9.17) is 21.1 Å². The Bertz CT molecular complexity index is 632. The predicted octanol–water partition coefficient (Wildman–Crippen LogP) is 3.68. The summed E-state index contributed by atoms with van der Waals surface area (Å²) in [7, 11) is 1.60. The fourth-order valence-electron chi connectivity index (χ4n) is 3.74. The molecule has 6 nitrogen and oxygen atoms in total. The van der Waals surface area contributed by atoms with Crippen LogP contribution in [0.15, 0.2) is 24.3 Å². The first-order valence-corrected chi connectivity index (χ1v) is 11.0. The van der Waals surface area contributed by atoms with Gasteiger partial charge in [-0.25, -0.2) is 0 Å². The predicted molar refractivity (Wildman–Crippen MR) is 114 cm³/mol. The van der Waals surface area contributed by atoms with Crippen LogP contribution >= 0.6 is 11.6 Å². The zero-order chi connectivity index (χ0) is 21.1. The maximum Gasteiger partial charge on any atom is 0.247 e. The van der Waals surface area contributed by atoms with E-state index in [0.29, 0.717) is 31.9 Å². The summed E-state index contributed by atoms with van der Waals surface area (Å²) in [6.07, 6.45) is 6.06. The standard InChI is InChI=1S/C22H33ClN2O4/c1-3-29-15-7-14-25(20(26)16-23)21(17-10-12-19(28-2)13-11-17)22(27)24-18-8-5-4-6-9-18/h10-13,18,21H,3-9,14-16H2,1-2H3,(H,24,27)/t21-/m1/s1. The molecule has 1 N–H and O–H groups in total. The molecule has 2 rings (SSSR count). The Labute approximate surface area is 178 Å². The number of rotatable bonds is 11. The normalized spacial score (nSPS) is 15.6. The molecule has 0 saturated heterocycles. The van der Waals surface area contributed by atoms with Gasteiger partial charge in [-0.2, -0.15) is 0 Å². The third-order valence-electron chi connectivity index (χ3n) is 5.27. The summed E-state index contributed by atoms with van der Waals surface area (Å²) in [5.41, 5.74) is 0.744. The van der Waals surface area contributed by atoms with E-state index in [1.165, 1.54) is 6.42 Å². The van der Waals surface area contributed by atoms with E-state index in [-0.39, 0.29) is 23.7 Å². The Morgan fingerprint density at radius 2 is 1.90 bits per heavy atom. The lowest BCUT2D eigenvalue weighted by molar-refractivity contribution is -0.139. The number of hydrogen-bond acceptors (Lipinski definition) is 4. The number of nitrogens with one attached hydrogen (secondary N) is 1. The van der Waals surface area contributed by atoms with Crippen LogP contribution in [0.4, 0.5) is 0 Å². The van der Waals surface area contributed by atoms with Gasteiger partial charge < -0.3 is 19.7 Å². The lowest BCUT2D eigenvalue weighted by Crippen LogP contribution is -2.47. The van der Waals surface area contributed by atoms with Crippen LogP contribution in [-0.4, -0.2) is 55.5 Å². The summed E-state index contributed by atoms with van der Waals surface area (Å²) >= 11 is 5.89. The molecule has 1 aromatic rings. The third-order valence-corrected chi connectivity index (χ3v) is 5.50. The number of ether oxygens (including phenoxy) is 2. The molecule has 0 aliphatic heterocycles. The molecular weight excluding hydrogens is 392 g/mol. The maximum absolute atomic E-state index is 13.3. The molecule has 1 saturated carbocycles. The lowest BCUT2D eigenvalue weighted by Gasteiger charge is -2.33. The van der Waals surface area contributed by atoms with Gasteiger partial charge in [0.15, 0.2) is 0 Å². The molecule has 1 atom stereocenters. The minimum absolute atomic E-state index is 0.156. The summed E-state index contributed by atoms with van der Waals surface area (Å²) < 4.78 is 10.6. The van der Waals surface area contributed by atoms with Crippen LogP contribution in [0.5, 0.6) is 5.75 Å². The van der Waals surface area contributed by atoms with Crippen molar-refractivity contribution in [2.45, 2.75) is 57.5 Å². The van der Waals surface area contributed by atoms with Crippen LogP contribution in [0.2, 0.25) is 0 Å². The average Bonchev–Trinajstić information content (AvgIpc) is 2.76. The third kappa shape index (κ3) is 7.19. The van der Waals surface area contributed by atoms with Crippen molar-refractivity contribution in [3.05, 3.63) is 29.8 Å². The van der Waals surface area contributed by atoms with Crippen LogP contribution in [0.3, 0.4) is 0 Å². The summed E-state index contributed by atoms with van der Waals surface area (Å²) in [5.74, 6) is 0.115. The van der Waals surface area contributed by atoms with Gasteiger partial charge in [0, 0.05) is 25.8 Å². The van der Waals surface area contributed by atoms with Gasteiger partial charge in [-0.3, -0.25) is 9.59 Å². The molecule has 0 bridgehead atoms. The largest absolute Gasteiger partial charge is 0.497 e. The molecule has 29 heavy (non-hydrogen) atoms. The van der Waals surface area contributed by atoms with Gasteiger partial charge in [-0.05, 0) is 43.9 Å². The fourth-order valence-corrected chi connectivity index (χ4v) is 3.90. The van der Waals surface area contributed by atoms with Crippen LogP contribution in [0.25, 0.3) is 0 Å². The fraction of sp³-hybridized carbons (Fsp3) is 0.636. The number of alkyl halides is 1. The molecule has 0 radical (unpaired) electrons. The van der Waals surface area contributed by atoms with E-state index < -0.39 is 6.04 Å². The van der Waals surface area contributed by atoms with Crippen molar-refractivity contribution in [2.24, 2.45) is 0 Å². The molecule has 1 aromatic carbocycles. The van der Waals surface area contributed by atoms with Gasteiger partial charge in [-0.15, -0.1) is 11.6 Å². The summed E-state index contributed by atoms with van der Waals surface area (Å²) in [5, 5.41) is 3.17. The summed E-state index contributed by atoms with van der Waals surface area (Å²) in [6, 6.07) is 6.71. The second-order valence-corrected chi connectivity index (χ2v) is 7.56. The topological polar surface area (TPSA) is 67.9 Å². The van der Waals surface area contributed by atoms with Gasteiger partial charge in [0.2, 0.25) is 11.8 Å². The van der Waals surface area contributed by atoms with Crippen molar-refractivity contribution < 1.29 is 19.1 Å². The monoisotopic (exact) mass is 424 g/mol. The Balaban J connectivity index is 2.25. The van der Waals surface area contributed by atoms with Gasteiger partial charge in [0.25, 0.3) is 0 Å². The smallest absolute Gasteiger partial charge is 0.247 e. The number of amides is 2. The lowest BCUT2D eigenvalue weighted by atomic mass is 9.94. The molecule has 1 fully saturated rings. The van der Waals surface area contributed by atoms with Crippen LogP contribution < -0.4 is 10.1 Å². The van der Waals surface area contributed by atoms with Crippen molar-refractivity contribution in [2.75, 3.05) is 32.7 Å².